The molecule has 1 aliphatic rings. The summed E-state index contributed by atoms with van der Waals surface area (Å²) in [5.41, 5.74) is 0.745. The van der Waals surface area contributed by atoms with Crippen LogP contribution in [0.4, 0.5) is 5.88 Å². The maximum atomic E-state index is 12.5. The Balaban J connectivity index is 1.65. The van der Waals surface area contributed by atoms with Crippen molar-refractivity contribution in [3.05, 3.63) is 24.4 Å². The van der Waals surface area contributed by atoms with Crippen molar-refractivity contribution in [1.82, 2.24) is 24.8 Å². The Labute approximate surface area is 134 Å². The standard InChI is InChI=1S/C15H22N6O2/c1-11-7-14(23-19-11)18-15(22)12(2)21-6-4-3-5-13(21)8-20-10-16-9-17-20/h7,9-10,12-13H,3-6,8H2,1-2H3,(H,18,22)/t12-,13-/m1/s1. The third kappa shape index (κ3) is 3.76. The first-order valence-corrected chi connectivity index (χ1v) is 7.96. The zero-order valence-electron chi connectivity index (χ0n) is 13.5. The summed E-state index contributed by atoms with van der Waals surface area (Å²) in [5.74, 6) is 0.316. The minimum atomic E-state index is -0.241. The molecule has 1 N–H and O–H groups in total. The highest BCUT2D eigenvalue weighted by atomic mass is 16.5. The van der Waals surface area contributed by atoms with Crippen molar-refractivity contribution in [3.8, 4) is 0 Å². The van der Waals surface area contributed by atoms with E-state index in [1.54, 1.807) is 12.4 Å². The maximum Gasteiger partial charge on any atom is 0.243 e. The number of nitrogens with zero attached hydrogens (tertiary/aromatic N) is 5. The molecule has 23 heavy (non-hydrogen) atoms. The van der Waals surface area contributed by atoms with Crippen molar-refractivity contribution < 1.29 is 9.32 Å². The van der Waals surface area contributed by atoms with Gasteiger partial charge in [-0.15, -0.1) is 0 Å². The lowest BCUT2D eigenvalue weighted by molar-refractivity contribution is -0.122. The van der Waals surface area contributed by atoms with Gasteiger partial charge in [0.25, 0.3) is 0 Å². The third-order valence-corrected chi connectivity index (χ3v) is 4.29. The zero-order chi connectivity index (χ0) is 16.2. The molecule has 2 aromatic heterocycles. The molecular formula is C15H22N6O2. The first-order valence-electron chi connectivity index (χ1n) is 7.96. The lowest BCUT2D eigenvalue weighted by Gasteiger charge is -2.38. The average Bonchev–Trinajstić information content (AvgIpc) is 3.19. The number of rotatable bonds is 5. The Kier molecular flexibility index (Phi) is 4.71. The van der Waals surface area contributed by atoms with Crippen LogP contribution in [0, 0.1) is 6.92 Å². The van der Waals surface area contributed by atoms with Crippen LogP contribution in [0.2, 0.25) is 0 Å². The summed E-state index contributed by atoms with van der Waals surface area (Å²) in [6, 6.07) is 1.75. The van der Waals surface area contributed by atoms with Crippen LogP contribution in [-0.4, -0.2) is 49.4 Å². The van der Waals surface area contributed by atoms with Crippen LogP contribution in [0.25, 0.3) is 0 Å². The van der Waals surface area contributed by atoms with Crippen LogP contribution in [0.15, 0.2) is 23.2 Å². The van der Waals surface area contributed by atoms with Gasteiger partial charge in [-0.1, -0.05) is 11.6 Å². The number of hydrogen-bond acceptors (Lipinski definition) is 6. The Morgan fingerprint density at radius 1 is 1.52 bits per heavy atom. The predicted octanol–water partition coefficient (Wildman–Crippen LogP) is 1.46. The molecule has 8 heteroatoms. The summed E-state index contributed by atoms with van der Waals surface area (Å²) >= 11 is 0. The fourth-order valence-electron chi connectivity index (χ4n) is 3.07. The molecule has 1 amide bonds. The average molecular weight is 318 g/mol. The van der Waals surface area contributed by atoms with Crippen molar-refractivity contribution in [3.63, 3.8) is 0 Å². The van der Waals surface area contributed by atoms with Crippen molar-refractivity contribution >= 4 is 11.8 Å². The van der Waals surface area contributed by atoms with E-state index in [-0.39, 0.29) is 18.0 Å². The summed E-state index contributed by atoms with van der Waals surface area (Å²) in [7, 11) is 0. The molecule has 0 radical (unpaired) electrons. The smallest absolute Gasteiger partial charge is 0.243 e. The summed E-state index contributed by atoms with van der Waals surface area (Å²) in [6.45, 7) is 5.40. The number of amides is 1. The molecule has 0 saturated carbocycles. The molecule has 0 aromatic carbocycles. The Morgan fingerprint density at radius 3 is 3.09 bits per heavy atom. The lowest BCUT2D eigenvalue weighted by Crippen LogP contribution is -2.51. The summed E-state index contributed by atoms with van der Waals surface area (Å²) < 4.78 is 6.89. The van der Waals surface area contributed by atoms with E-state index in [4.69, 9.17) is 4.52 Å². The van der Waals surface area contributed by atoms with E-state index in [9.17, 15) is 4.79 Å². The lowest BCUT2D eigenvalue weighted by atomic mass is 9.99. The molecule has 0 spiro atoms. The van der Waals surface area contributed by atoms with Crippen molar-refractivity contribution in [2.45, 2.75) is 51.7 Å². The number of piperidine rings is 1. The molecule has 2 atom stereocenters. The number of likely N-dealkylation sites (tertiary alicyclic amines) is 1. The van der Waals surface area contributed by atoms with Crippen LogP contribution in [0.1, 0.15) is 31.9 Å². The highest BCUT2D eigenvalue weighted by Gasteiger charge is 2.31. The van der Waals surface area contributed by atoms with Crippen molar-refractivity contribution in [2.24, 2.45) is 0 Å². The predicted molar refractivity (Wildman–Crippen MR) is 83.7 cm³/mol. The molecule has 3 heterocycles. The van der Waals surface area contributed by atoms with E-state index in [0.717, 1.165) is 31.6 Å². The van der Waals surface area contributed by atoms with E-state index in [0.29, 0.717) is 5.88 Å². The van der Waals surface area contributed by atoms with E-state index < -0.39 is 0 Å². The SMILES string of the molecule is Cc1cc(NC(=O)[C@@H](C)N2CCCC[C@@H]2Cn2cncn2)on1. The van der Waals surface area contributed by atoms with Crippen LogP contribution < -0.4 is 5.32 Å². The van der Waals surface area contributed by atoms with Crippen molar-refractivity contribution in [2.75, 3.05) is 11.9 Å². The minimum Gasteiger partial charge on any atom is -0.338 e. The maximum absolute atomic E-state index is 12.5. The van der Waals surface area contributed by atoms with Gasteiger partial charge < -0.3 is 4.52 Å². The number of carbonyl (C=O) groups is 1. The second-order valence-electron chi connectivity index (χ2n) is 6.00. The molecule has 1 saturated heterocycles. The van der Waals surface area contributed by atoms with Crippen LogP contribution in [0.5, 0.6) is 0 Å². The minimum absolute atomic E-state index is 0.0772. The normalized spacial score (nSPS) is 20.3. The Hall–Kier alpha value is -2.22. The summed E-state index contributed by atoms with van der Waals surface area (Å²) in [6.07, 6.45) is 6.58. The van der Waals surface area contributed by atoms with Gasteiger partial charge >= 0.3 is 0 Å². The second kappa shape index (κ2) is 6.91. The highest BCUT2D eigenvalue weighted by molar-refractivity contribution is 5.93. The summed E-state index contributed by atoms with van der Waals surface area (Å²) in [4.78, 5) is 18.7. The van der Waals surface area contributed by atoms with E-state index >= 15 is 0 Å². The molecule has 0 unspecified atom stereocenters. The Morgan fingerprint density at radius 2 is 2.39 bits per heavy atom. The van der Waals surface area contributed by atoms with Gasteiger partial charge in [-0.25, -0.2) is 4.98 Å². The van der Waals surface area contributed by atoms with E-state index in [1.807, 2.05) is 18.5 Å². The van der Waals surface area contributed by atoms with E-state index in [2.05, 4.69) is 25.5 Å². The number of anilines is 1. The van der Waals surface area contributed by atoms with Crippen LogP contribution in [0.3, 0.4) is 0 Å². The fourth-order valence-corrected chi connectivity index (χ4v) is 3.07. The number of aryl methyl sites for hydroxylation is 1. The number of nitrogens with one attached hydrogen (secondary N) is 1. The van der Waals surface area contributed by atoms with Crippen LogP contribution >= 0.6 is 0 Å². The van der Waals surface area contributed by atoms with Gasteiger partial charge in [0, 0.05) is 12.1 Å². The zero-order valence-corrected chi connectivity index (χ0v) is 13.5. The molecule has 1 fully saturated rings. The molecule has 3 rings (SSSR count). The summed E-state index contributed by atoms with van der Waals surface area (Å²) in [5, 5.41) is 10.8. The molecule has 124 valence electrons. The molecule has 2 aromatic rings. The van der Waals surface area contributed by atoms with Gasteiger partial charge in [0.1, 0.15) is 12.7 Å². The Bertz CT molecular complexity index is 638. The van der Waals surface area contributed by atoms with Gasteiger partial charge in [0.15, 0.2) is 0 Å². The first-order chi connectivity index (χ1) is 11.1. The molecule has 0 aliphatic carbocycles. The highest BCUT2D eigenvalue weighted by Crippen LogP contribution is 2.22. The molecule has 0 bridgehead atoms. The van der Waals surface area contributed by atoms with Gasteiger partial charge in [-0.3, -0.25) is 19.7 Å². The van der Waals surface area contributed by atoms with Crippen LogP contribution in [-0.2, 0) is 11.3 Å². The van der Waals surface area contributed by atoms with E-state index in [1.165, 1.54) is 12.7 Å². The van der Waals surface area contributed by atoms with Gasteiger partial charge in [-0.2, -0.15) is 5.10 Å². The quantitative estimate of drug-likeness (QED) is 0.897. The number of carbonyl (C=O) groups excluding carboxylic acids is 1. The topological polar surface area (TPSA) is 89.1 Å². The van der Waals surface area contributed by atoms with Gasteiger partial charge in [0.2, 0.25) is 11.8 Å². The largest absolute Gasteiger partial charge is 0.338 e. The van der Waals surface area contributed by atoms with Gasteiger partial charge in [-0.05, 0) is 33.2 Å². The monoisotopic (exact) mass is 318 g/mol. The first kappa shape index (κ1) is 15.7. The molecular weight excluding hydrogens is 296 g/mol. The molecule has 8 nitrogen and oxygen atoms in total. The molecule has 1 aliphatic heterocycles. The fraction of sp³-hybridized carbons (Fsp3) is 0.600. The van der Waals surface area contributed by atoms with Gasteiger partial charge in [0.05, 0.1) is 18.3 Å². The number of hydrogen-bond donors (Lipinski definition) is 1. The third-order valence-electron chi connectivity index (χ3n) is 4.29. The van der Waals surface area contributed by atoms with Crippen molar-refractivity contribution in [1.29, 1.82) is 0 Å². The second-order valence-corrected chi connectivity index (χ2v) is 6.00. The number of aromatic nitrogens is 4.